The van der Waals surface area contributed by atoms with E-state index < -0.39 is 11.7 Å². The van der Waals surface area contributed by atoms with Gasteiger partial charge >= 0.3 is 0 Å². The number of hydrogen-bond acceptors (Lipinski definition) is 4. The number of hydrogen-bond donors (Lipinski definition) is 2. The number of piperidine rings is 1. The minimum atomic E-state index is -0.759. The van der Waals surface area contributed by atoms with E-state index in [9.17, 15) is 9.18 Å². The number of anilines is 1. The average Bonchev–Trinajstić information content (AvgIpc) is 2.47. The van der Waals surface area contributed by atoms with Crippen molar-refractivity contribution in [2.75, 3.05) is 31.6 Å². The summed E-state index contributed by atoms with van der Waals surface area (Å²) in [6, 6.07) is 3.15. The quantitative estimate of drug-likeness (QED) is 0.736. The lowest BCUT2D eigenvalue weighted by Crippen LogP contribution is -2.41. The molecule has 0 aliphatic carbocycles. The molecule has 1 fully saturated rings. The number of nitrogens with two attached hydrogens (primary N) is 1. The molecule has 24 heavy (non-hydrogen) atoms. The molecule has 1 aromatic carbocycles. The number of halogens is 2. The Hall–Kier alpha value is -1.18. The van der Waals surface area contributed by atoms with Crippen LogP contribution >= 0.6 is 15.9 Å². The summed E-state index contributed by atoms with van der Waals surface area (Å²) in [5, 5.41) is 3.28. The van der Waals surface area contributed by atoms with Crippen LogP contribution in [-0.2, 0) is 4.74 Å². The van der Waals surface area contributed by atoms with E-state index in [0.717, 1.165) is 39.1 Å². The number of ether oxygens (including phenoxy) is 1. The standard InChI is InChI=1S/C17H25BrFN3O2/c1-11(2)24-8-7-22-5-3-13(4-6-22)21-15-10-12(18)9-14(19)16(15)17(20)23/h9-11,13,21H,3-8H2,1-2H3,(H2,20,23). The maximum Gasteiger partial charge on any atom is 0.253 e. The van der Waals surface area contributed by atoms with Gasteiger partial charge in [0.15, 0.2) is 0 Å². The second-order valence-corrected chi connectivity index (χ2v) is 7.27. The molecular weight excluding hydrogens is 377 g/mol. The molecule has 0 unspecified atom stereocenters. The Morgan fingerprint density at radius 1 is 1.46 bits per heavy atom. The van der Waals surface area contributed by atoms with Crippen LogP contribution in [0, 0.1) is 5.82 Å². The normalized spacial score (nSPS) is 16.5. The van der Waals surface area contributed by atoms with Crippen LogP contribution in [0.15, 0.2) is 16.6 Å². The van der Waals surface area contributed by atoms with Gasteiger partial charge in [-0.05, 0) is 38.8 Å². The van der Waals surface area contributed by atoms with Crippen molar-refractivity contribution in [2.24, 2.45) is 5.73 Å². The molecule has 3 N–H and O–H groups in total. The van der Waals surface area contributed by atoms with Gasteiger partial charge in [-0.25, -0.2) is 4.39 Å². The second-order valence-electron chi connectivity index (χ2n) is 6.35. The smallest absolute Gasteiger partial charge is 0.253 e. The molecule has 1 saturated heterocycles. The molecule has 134 valence electrons. The Kier molecular flexibility index (Phi) is 7.01. The van der Waals surface area contributed by atoms with E-state index in [1.54, 1.807) is 6.07 Å². The lowest BCUT2D eigenvalue weighted by Gasteiger charge is -2.33. The molecule has 0 spiro atoms. The van der Waals surface area contributed by atoms with Gasteiger partial charge in [0.05, 0.1) is 24.0 Å². The van der Waals surface area contributed by atoms with Gasteiger partial charge in [-0.15, -0.1) is 0 Å². The molecule has 1 aliphatic heterocycles. The Balaban J connectivity index is 1.91. The summed E-state index contributed by atoms with van der Waals surface area (Å²) in [4.78, 5) is 13.9. The average molecular weight is 402 g/mol. The summed E-state index contributed by atoms with van der Waals surface area (Å²) < 4.78 is 20.1. The summed E-state index contributed by atoms with van der Waals surface area (Å²) in [7, 11) is 0. The molecule has 0 aromatic heterocycles. The van der Waals surface area contributed by atoms with E-state index in [2.05, 4.69) is 26.1 Å². The van der Waals surface area contributed by atoms with Crippen molar-refractivity contribution in [2.45, 2.75) is 38.8 Å². The summed E-state index contributed by atoms with van der Waals surface area (Å²) in [5.41, 5.74) is 5.69. The summed E-state index contributed by atoms with van der Waals surface area (Å²) in [6.07, 6.45) is 2.10. The number of benzene rings is 1. The van der Waals surface area contributed by atoms with Crippen LogP contribution < -0.4 is 11.1 Å². The van der Waals surface area contributed by atoms with Gasteiger partial charge in [-0.3, -0.25) is 4.79 Å². The molecule has 0 radical (unpaired) electrons. The zero-order chi connectivity index (χ0) is 17.7. The van der Waals surface area contributed by atoms with Gasteiger partial charge in [-0.2, -0.15) is 0 Å². The number of likely N-dealkylation sites (tertiary alicyclic amines) is 1. The third-order valence-corrected chi connectivity index (χ3v) is 4.57. The highest BCUT2D eigenvalue weighted by molar-refractivity contribution is 9.10. The predicted molar refractivity (Wildman–Crippen MR) is 96.8 cm³/mol. The number of nitrogens with one attached hydrogen (secondary N) is 1. The molecular formula is C17H25BrFN3O2. The van der Waals surface area contributed by atoms with Gasteiger partial charge in [0.1, 0.15) is 5.82 Å². The number of rotatable bonds is 7. The third-order valence-electron chi connectivity index (χ3n) is 4.11. The Morgan fingerprint density at radius 2 is 2.12 bits per heavy atom. The number of nitrogens with zero attached hydrogens (tertiary/aromatic N) is 1. The molecule has 1 aromatic rings. The van der Waals surface area contributed by atoms with Crippen molar-refractivity contribution < 1.29 is 13.9 Å². The van der Waals surface area contributed by atoms with Crippen LogP contribution in [0.1, 0.15) is 37.0 Å². The van der Waals surface area contributed by atoms with Crippen LogP contribution in [0.3, 0.4) is 0 Å². The highest BCUT2D eigenvalue weighted by Gasteiger charge is 2.22. The number of amides is 1. The fraction of sp³-hybridized carbons (Fsp3) is 0.588. The van der Waals surface area contributed by atoms with Crippen LogP contribution in [0.4, 0.5) is 10.1 Å². The Morgan fingerprint density at radius 3 is 2.71 bits per heavy atom. The topological polar surface area (TPSA) is 67.6 Å². The lowest BCUT2D eigenvalue weighted by atomic mass is 10.0. The van der Waals surface area contributed by atoms with E-state index >= 15 is 0 Å². The first-order valence-corrected chi connectivity index (χ1v) is 9.05. The lowest BCUT2D eigenvalue weighted by molar-refractivity contribution is 0.0543. The molecule has 0 bridgehead atoms. The van der Waals surface area contributed by atoms with Crippen LogP contribution in [-0.4, -0.2) is 49.2 Å². The first-order valence-electron chi connectivity index (χ1n) is 8.26. The van der Waals surface area contributed by atoms with E-state index in [1.807, 2.05) is 13.8 Å². The molecule has 1 amide bonds. The number of primary amides is 1. The zero-order valence-electron chi connectivity index (χ0n) is 14.1. The van der Waals surface area contributed by atoms with Gasteiger partial charge in [0.25, 0.3) is 5.91 Å². The van der Waals surface area contributed by atoms with Gasteiger partial charge in [0, 0.05) is 30.1 Å². The summed E-state index contributed by atoms with van der Waals surface area (Å²) in [6.45, 7) is 7.61. The van der Waals surface area contributed by atoms with Crippen molar-refractivity contribution in [3.05, 3.63) is 28.0 Å². The first kappa shape index (κ1) is 19.1. The molecule has 1 heterocycles. The second kappa shape index (κ2) is 8.78. The van der Waals surface area contributed by atoms with Crippen molar-refractivity contribution in [3.8, 4) is 0 Å². The van der Waals surface area contributed by atoms with Crippen LogP contribution in [0.2, 0.25) is 0 Å². The van der Waals surface area contributed by atoms with E-state index in [-0.39, 0.29) is 17.7 Å². The van der Waals surface area contributed by atoms with Crippen molar-refractivity contribution in [3.63, 3.8) is 0 Å². The first-order chi connectivity index (χ1) is 11.4. The third kappa shape index (κ3) is 5.43. The number of carbonyl (C=O) groups is 1. The van der Waals surface area contributed by atoms with Gasteiger partial charge < -0.3 is 20.7 Å². The van der Waals surface area contributed by atoms with E-state index in [1.165, 1.54) is 6.07 Å². The van der Waals surface area contributed by atoms with E-state index in [0.29, 0.717) is 10.2 Å². The van der Waals surface area contributed by atoms with Gasteiger partial charge in [-0.1, -0.05) is 15.9 Å². The monoisotopic (exact) mass is 401 g/mol. The van der Waals surface area contributed by atoms with E-state index in [4.69, 9.17) is 10.5 Å². The number of carbonyl (C=O) groups excluding carboxylic acids is 1. The highest BCUT2D eigenvalue weighted by atomic mass is 79.9. The van der Waals surface area contributed by atoms with Crippen molar-refractivity contribution >= 4 is 27.5 Å². The fourth-order valence-corrected chi connectivity index (χ4v) is 3.31. The molecule has 1 aliphatic rings. The predicted octanol–water partition coefficient (Wildman–Crippen LogP) is 2.99. The van der Waals surface area contributed by atoms with Gasteiger partial charge in [0.2, 0.25) is 0 Å². The molecule has 0 saturated carbocycles. The molecule has 2 rings (SSSR count). The van der Waals surface area contributed by atoms with Crippen molar-refractivity contribution in [1.29, 1.82) is 0 Å². The molecule has 0 atom stereocenters. The SMILES string of the molecule is CC(C)OCCN1CCC(Nc2cc(Br)cc(F)c2C(N)=O)CC1. The maximum atomic E-state index is 14.0. The largest absolute Gasteiger partial charge is 0.381 e. The Bertz CT molecular complexity index is 575. The van der Waals surface area contributed by atoms with Crippen molar-refractivity contribution in [1.82, 2.24) is 4.90 Å². The highest BCUT2D eigenvalue weighted by Crippen LogP contribution is 2.27. The summed E-state index contributed by atoms with van der Waals surface area (Å²) in [5.74, 6) is -1.37. The fourth-order valence-electron chi connectivity index (χ4n) is 2.88. The van der Waals surface area contributed by atoms with Crippen LogP contribution in [0.25, 0.3) is 0 Å². The zero-order valence-corrected chi connectivity index (χ0v) is 15.7. The molecule has 7 heteroatoms. The molecule has 5 nitrogen and oxygen atoms in total. The van der Waals surface area contributed by atoms with Crippen LogP contribution in [0.5, 0.6) is 0 Å². The maximum absolute atomic E-state index is 14.0. The summed E-state index contributed by atoms with van der Waals surface area (Å²) >= 11 is 3.26. The Labute approximate surface area is 150 Å². The minimum Gasteiger partial charge on any atom is -0.381 e. The minimum absolute atomic E-state index is 0.0778.